The summed E-state index contributed by atoms with van der Waals surface area (Å²) in [6, 6.07) is 8.85. The number of amides is 1. The van der Waals surface area contributed by atoms with E-state index in [2.05, 4.69) is 4.90 Å². The SMILES string of the molecule is CC(=O)N(Cc1ccc(Cl)cc1)C1CSC(=NC2CCCCC2)N1C1CCCCC1. The zero-order chi connectivity index (χ0) is 20.9. The van der Waals surface area contributed by atoms with Gasteiger partial charge < -0.3 is 9.80 Å². The fraction of sp³-hybridized carbons (Fsp3) is 0.667. The summed E-state index contributed by atoms with van der Waals surface area (Å²) in [5.41, 5.74) is 1.13. The molecule has 1 aliphatic heterocycles. The first-order valence-corrected chi connectivity index (χ1v) is 13.0. The fourth-order valence-corrected chi connectivity index (χ4v) is 6.52. The Kier molecular flexibility index (Phi) is 7.64. The molecule has 2 saturated carbocycles. The highest BCUT2D eigenvalue weighted by molar-refractivity contribution is 8.14. The number of aliphatic imine (C=N–C) groups is 1. The number of hydrogen-bond acceptors (Lipinski definition) is 3. The Hall–Kier alpha value is -1.20. The van der Waals surface area contributed by atoms with Gasteiger partial charge in [0.1, 0.15) is 6.17 Å². The van der Waals surface area contributed by atoms with E-state index in [9.17, 15) is 4.79 Å². The largest absolute Gasteiger partial charge is 0.327 e. The van der Waals surface area contributed by atoms with Crippen LogP contribution in [0.5, 0.6) is 0 Å². The van der Waals surface area contributed by atoms with E-state index in [1.54, 1.807) is 6.92 Å². The molecule has 1 heterocycles. The Morgan fingerprint density at radius 1 is 1.07 bits per heavy atom. The normalized spacial score (nSPS) is 25.1. The van der Waals surface area contributed by atoms with Crippen molar-refractivity contribution in [1.29, 1.82) is 0 Å². The van der Waals surface area contributed by atoms with Crippen molar-refractivity contribution in [2.45, 2.75) is 95.9 Å². The van der Waals surface area contributed by atoms with Crippen molar-refractivity contribution < 1.29 is 4.79 Å². The van der Waals surface area contributed by atoms with Crippen molar-refractivity contribution in [3.05, 3.63) is 34.9 Å². The Bertz CT molecular complexity index is 741. The predicted molar refractivity (Wildman–Crippen MR) is 127 cm³/mol. The van der Waals surface area contributed by atoms with Gasteiger partial charge in [-0.05, 0) is 43.4 Å². The smallest absolute Gasteiger partial charge is 0.221 e. The molecule has 1 aromatic rings. The third kappa shape index (κ3) is 5.34. The van der Waals surface area contributed by atoms with Crippen molar-refractivity contribution in [1.82, 2.24) is 9.80 Å². The molecule has 4 nitrogen and oxygen atoms in total. The Labute approximate surface area is 190 Å². The number of carbonyl (C=O) groups is 1. The van der Waals surface area contributed by atoms with Crippen LogP contribution in [0.15, 0.2) is 29.3 Å². The third-order valence-electron chi connectivity index (χ3n) is 6.77. The van der Waals surface area contributed by atoms with Gasteiger partial charge in [-0.25, -0.2) is 0 Å². The molecule has 164 valence electrons. The molecule has 1 aromatic carbocycles. The van der Waals surface area contributed by atoms with Crippen molar-refractivity contribution >= 4 is 34.4 Å². The lowest BCUT2D eigenvalue weighted by atomic mass is 9.94. The van der Waals surface area contributed by atoms with Crippen molar-refractivity contribution in [3.63, 3.8) is 0 Å². The first kappa shape index (κ1) is 22.0. The molecule has 0 radical (unpaired) electrons. The summed E-state index contributed by atoms with van der Waals surface area (Å²) in [7, 11) is 0. The molecule has 4 rings (SSSR count). The van der Waals surface area contributed by atoms with Crippen LogP contribution in [0.25, 0.3) is 0 Å². The van der Waals surface area contributed by atoms with Gasteiger partial charge in [0.25, 0.3) is 0 Å². The van der Waals surface area contributed by atoms with Crippen LogP contribution in [-0.4, -0.2) is 44.9 Å². The monoisotopic (exact) mass is 447 g/mol. The van der Waals surface area contributed by atoms with E-state index in [0.29, 0.717) is 18.6 Å². The number of thioether (sulfide) groups is 1. The summed E-state index contributed by atoms with van der Waals surface area (Å²) in [5, 5.41) is 1.93. The van der Waals surface area contributed by atoms with E-state index in [1.165, 1.54) is 69.4 Å². The van der Waals surface area contributed by atoms with Gasteiger partial charge in [-0.15, -0.1) is 0 Å². The molecular weight excluding hydrogens is 414 g/mol. The van der Waals surface area contributed by atoms with Crippen LogP contribution in [0, 0.1) is 0 Å². The van der Waals surface area contributed by atoms with Crippen LogP contribution in [-0.2, 0) is 11.3 Å². The maximum absolute atomic E-state index is 12.8. The Morgan fingerprint density at radius 3 is 2.33 bits per heavy atom. The first-order chi connectivity index (χ1) is 14.6. The van der Waals surface area contributed by atoms with Crippen LogP contribution in [0.4, 0.5) is 0 Å². The quantitative estimate of drug-likeness (QED) is 0.548. The summed E-state index contributed by atoms with van der Waals surface area (Å²) in [5.74, 6) is 1.05. The topological polar surface area (TPSA) is 35.9 Å². The average Bonchev–Trinajstić information content (AvgIpc) is 3.17. The molecule has 0 N–H and O–H groups in total. The summed E-state index contributed by atoms with van der Waals surface area (Å²) in [4.78, 5) is 22.6. The van der Waals surface area contributed by atoms with Gasteiger partial charge in [0, 0.05) is 30.3 Å². The lowest BCUT2D eigenvalue weighted by Gasteiger charge is -2.41. The molecule has 3 fully saturated rings. The van der Waals surface area contributed by atoms with Crippen molar-refractivity contribution in [2.24, 2.45) is 4.99 Å². The van der Waals surface area contributed by atoms with Gasteiger partial charge >= 0.3 is 0 Å². The first-order valence-electron chi connectivity index (χ1n) is 11.6. The molecule has 6 heteroatoms. The Balaban J connectivity index is 1.58. The number of hydrogen-bond donors (Lipinski definition) is 0. The molecule has 0 spiro atoms. The van der Waals surface area contributed by atoms with E-state index >= 15 is 0 Å². The Morgan fingerprint density at radius 2 is 1.70 bits per heavy atom. The second kappa shape index (κ2) is 10.4. The zero-order valence-electron chi connectivity index (χ0n) is 18.1. The molecule has 30 heavy (non-hydrogen) atoms. The highest BCUT2D eigenvalue weighted by Gasteiger charge is 2.40. The lowest BCUT2D eigenvalue weighted by molar-refractivity contribution is -0.134. The number of benzene rings is 1. The maximum atomic E-state index is 12.8. The van der Waals surface area contributed by atoms with Crippen LogP contribution < -0.4 is 0 Å². The van der Waals surface area contributed by atoms with Gasteiger partial charge in [0.05, 0.1) is 6.04 Å². The minimum Gasteiger partial charge on any atom is -0.327 e. The second-order valence-corrected chi connectivity index (χ2v) is 10.4. The number of amidine groups is 1. The zero-order valence-corrected chi connectivity index (χ0v) is 19.6. The van der Waals surface area contributed by atoms with Crippen LogP contribution in [0.3, 0.4) is 0 Å². The highest BCUT2D eigenvalue weighted by Crippen LogP contribution is 2.36. The van der Waals surface area contributed by atoms with Gasteiger partial charge in [-0.1, -0.05) is 74.0 Å². The van der Waals surface area contributed by atoms with Crippen molar-refractivity contribution in [2.75, 3.05) is 5.75 Å². The van der Waals surface area contributed by atoms with E-state index < -0.39 is 0 Å². The number of halogens is 1. The molecule has 3 aliphatic rings. The summed E-state index contributed by atoms with van der Waals surface area (Å²) >= 11 is 7.93. The predicted octanol–water partition coefficient (Wildman–Crippen LogP) is 6.08. The minimum atomic E-state index is 0.0913. The molecule has 1 amide bonds. The minimum absolute atomic E-state index is 0.0913. The summed E-state index contributed by atoms with van der Waals surface area (Å²) in [6.45, 7) is 2.33. The van der Waals surface area contributed by atoms with Gasteiger partial charge in [0.2, 0.25) is 5.91 Å². The van der Waals surface area contributed by atoms with E-state index in [0.717, 1.165) is 16.3 Å². The number of rotatable bonds is 5. The molecule has 0 aromatic heterocycles. The van der Waals surface area contributed by atoms with Crippen LogP contribution in [0.2, 0.25) is 5.02 Å². The molecule has 1 saturated heterocycles. The number of carbonyl (C=O) groups excluding carboxylic acids is 1. The van der Waals surface area contributed by atoms with Gasteiger partial charge in [-0.2, -0.15) is 0 Å². The van der Waals surface area contributed by atoms with E-state index in [4.69, 9.17) is 16.6 Å². The fourth-order valence-electron chi connectivity index (χ4n) is 5.11. The maximum Gasteiger partial charge on any atom is 0.221 e. The standard InChI is InChI=1S/C24H34ClN3OS/c1-18(29)27(16-19-12-14-20(25)15-13-19)23-17-30-24(26-21-8-4-2-5-9-21)28(23)22-10-6-3-7-11-22/h12-15,21-23H,2-11,16-17H2,1H3. The lowest BCUT2D eigenvalue weighted by Crippen LogP contribution is -2.53. The molecular formula is C24H34ClN3OS. The summed E-state index contributed by atoms with van der Waals surface area (Å²) < 4.78 is 0. The van der Waals surface area contributed by atoms with E-state index in [-0.39, 0.29) is 12.1 Å². The van der Waals surface area contributed by atoms with Crippen LogP contribution in [0.1, 0.15) is 76.7 Å². The highest BCUT2D eigenvalue weighted by atomic mass is 35.5. The van der Waals surface area contributed by atoms with Gasteiger partial charge in [0.15, 0.2) is 5.17 Å². The molecule has 0 bridgehead atoms. The third-order valence-corrected chi connectivity index (χ3v) is 8.06. The van der Waals surface area contributed by atoms with E-state index in [1.807, 2.05) is 40.9 Å². The average molecular weight is 448 g/mol. The second-order valence-electron chi connectivity index (χ2n) is 8.97. The van der Waals surface area contributed by atoms with Crippen LogP contribution >= 0.6 is 23.4 Å². The van der Waals surface area contributed by atoms with Crippen molar-refractivity contribution in [3.8, 4) is 0 Å². The molecule has 2 aliphatic carbocycles. The summed E-state index contributed by atoms with van der Waals surface area (Å²) in [6.07, 6.45) is 12.8. The number of nitrogens with zero attached hydrogens (tertiary/aromatic N) is 3. The molecule has 1 atom stereocenters. The van der Waals surface area contributed by atoms with Gasteiger partial charge in [-0.3, -0.25) is 9.79 Å². The molecule has 1 unspecified atom stereocenters.